The highest BCUT2D eigenvalue weighted by Gasteiger charge is 2.18. The normalized spacial score (nSPS) is 11.0. The maximum absolute atomic E-state index is 13.2. The Morgan fingerprint density at radius 1 is 1.09 bits per heavy atom. The number of halogens is 1. The third-order valence-electron chi connectivity index (χ3n) is 3.53. The highest BCUT2D eigenvalue weighted by atomic mass is 19.1. The second kappa shape index (κ2) is 6.16. The molecule has 3 aromatic rings. The van der Waals surface area contributed by atoms with Gasteiger partial charge in [0.25, 0.3) is 0 Å². The lowest BCUT2D eigenvalue weighted by molar-refractivity contribution is 0.380. The second-order valence-corrected chi connectivity index (χ2v) is 5.38. The van der Waals surface area contributed by atoms with Crippen LogP contribution >= 0.6 is 0 Å². The molecule has 5 nitrogen and oxygen atoms in total. The van der Waals surface area contributed by atoms with Crippen molar-refractivity contribution < 1.29 is 9.13 Å². The number of benzene rings is 1. The van der Waals surface area contributed by atoms with Crippen LogP contribution in [0.15, 0.2) is 42.9 Å². The van der Waals surface area contributed by atoms with Crippen LogP contribution in [0, 0.1) is 5.82 Å². The Bertz CT molecular complexity index is 812. The number of aromatic nitrogens is 4. The van der Waals surface area contributed by atoms with Crippen LogP contribution < -0.4 is 4.74 Å². The molecule has 6 heteroatoms. The van der Waals surface area contributed by atoms with E-state index < -0.39 is 0 Å². The first-order valence-corrected chi connectivity index (χ1v) is 7.30. The van der Waals surface area contributed by atoms with Crippen LogP contribution in [0.3, 0.4) is 0 Å². The van der Waals surface area contributed by atoms with Gasteiger partial charge in [0.05, 0.1) is 30.5 Å². The van der Waals surface area contributed by atoms with Crippen molar-refractivity contribution in [1.29, 1.82) is 0 Å². The predicted molar refractivity (Wildman–Crippen MR) is 85.6 cm³/mol. The van der Waals surface area contributed by atoms with Crippen molar-refractivity contribution >= 4 is 0 Å². The summed E-state index contributed by atoms with van der Waals surface area (Å²) in [6, 6.07) is 8.58. The van der Waals surface area contributed by atoms with Gasteiger partial charge in [-0.3, -0.25) is 0 Å². The smallest absolute Gasteiger partial charge is 0.316 e. The van der Waals surface area contributed by atoms with Gasteiger partial charge in [0.1, 0.15) is 5.82 Å². The van der Waals surface area contributed by atoms with Gasteiger partial charge in [-0.25, -0.2) is 14.4 Å². The summed E-state index contributed by atoms with van der Waals surface area (Å²) in [5.74, 6) is -0.276. The minimum absolute atomic E-state index is 0.202. The molecule has 3 rings (SSSR count). The number of imidazole rings is 1. The molecule has 1 aromatic carbocycles. The van der Waals surface area contributed by atoms with E-state index >= 15 is 0 Å². The van der Waals surface area contributed by atoms with Crippen LogP contribution in [0.5, 0.6) is 6.01 Å². The summed E-state index contributed by atoms with van der Waals surface area (Å²) < 4.78 is 20.3. The lowest BCUT2D eigenvalue weighted by atomic mass is 10.1. The van der Waals surface area contributed by atoms with Crippen molar-refractivity contribution in [2.24, 2.45) is 0 Å². The zero-order valence-electron chi connectivity index (χ0n) is 13.2. The van der Waals surface area contributed by atoms with E-state index in [2.05, 4.69) is 28.8 Å². The Kier molecular flexibility index (Phi) is 4.06. The first kappa shape index (κ1) is 15.1. The van der Waals surface area contributed by atoms with E-state index in [1.165, 1.54) is 19.2 Å². The van der Waals surface area contributed by atoms with Crippen molar-refractivity contribution in [2.75, 3.05) is 7.11 Å². The van der Waals surface area contributed by atoms with Crippen LogP contribution in [0.2, 0.25) is 0 Å². The van der Waals surface area contributed by atoms with Crippen molar-refractivity contribution in [3.05, 3.63) is 48.7 Å². The Morgan fingerprint density at radius 3 is 2.48 bits per heavy atom. The molecular formula is C17H17FN4O. The molecule has 0 aliphatic rings. The molecular weight excluding hydrogens is 295 g/mol. The lowest BCUT2D eigenvalue weighted by Crippen LogP contribution is -2.03. The molecule has 0 atom stereocenters. The fraction of sp³-hybridized carbons (Fsp3) is 0.235. The van der Waals surface area contributed by atoms with Gasteiger partial charge in [-0.2, -0.15) is 4.98 Å². The molecule has 2 heterocycles. The van der Waals surface area contributed by atoms with Crippen LogP contribution in [0.1, 0.15) is 19.9 Å². The number of ether oxygens (including phenoxy) is 1. The molecule has 0 radical (unpaired) electrons. The molecule has 118 valence electrons. The van der Waals surface area contributed by atoms with Gasteiger partial charge in [-0.15, -0.1) is 0 Å². The van der Waals surface area contributed by atoms with Crippen LogP contribution in [-0.4, -0.2) is 26.6 Å². The summed E-state index contributed by atoms with van der Waals surface area (Å²) in [4.78, 5) is 13.0. The molecule has 0 amide bonds. The minimum atomic E-state index is -0.276. The molecule has 0 aliphatic carbocycles. The number of rotatable bonds is 4. The van der Waals surface area contributed by atoms with E-state index in [0.29, 0.717) is 11.7 Å². The van der Waals surface area contributed by atoms with Gasteiger partial charge in [-0.05, 0) is 44.2 Å². The van der Waals surface area contributed by atoms with E-state index in [9.17, 15) is 4.39 Å². The van der Waals surface area contributed by atoms with Crippen molar-refractivity contribution in [1.82, 2.24) is 19.5 Å². The summed E-state index contributed by atoms with van der Waals surface area (Å²) in [5, 5.41) is 0. The van der Waals surface area contributed by atoms with Crippen molar-refractivity contribution in [3.63, 3.8) is 0 Å². The Morgan fingerprint density at radius 2 is 1.83 bits per heavy atom. The van der Waals surface area contributed by atoms with E-state index in [0.717, 1.165) is 17.0 Å². The molecule has 0 aliphatic heterocycles. The first-order valence-electron chi connectivity index (χ1n) is 7.30. The number of hydrogen-bond acceptors (Lipinski definition) is 4. The van der Waals surface area contributed by atoms with E-state index in [4.69, 9.17) is 4.74 Å². The van der Waals surface area contributed by atoms with Gasteiger partial charge in [0.2, 0.25) is 0 Å². The summed E-state index contributed by atoms with van der Waals surface area (Å²) in [7, 11) is 1.53. The summed E-state index contributed by atoms with van der Waals surface area (Å²) in [6.45, 7) is 4.14. The largest absolute Gasteiger partial charge is 0.467 e. The van der Waals surface area contributed by atoms with E-state index in [1.807, 2.05) is 10.6 Å². The standard InChI is InChI=1S/C17H17FN4O/c1-11(2)22-10-20-15(12-4-6-13(18)7-5-12)16(22)14-8-9-19-17(21-14)23-3/h4-11H,1-3H3. The van der Waals surface area contributed by atoms with Gasteiger partial charge < -0.3 is 9.30 Å². The zero-order valence-corrected chi connectivity index (χ0v) is 13.2. The van der Waals surface area contributed by atoms with Crippen LogP contribution in [0.25, 0.3) is 22.6 Å². The lowest BCUT2D eigenvalue weighted by Gasteiger charge is -2.13. The SMILES string of the molecule is COc1nccc(-c2c(-c3ccc(F)cc3)ncn2C(C)C)n1. The Hall–Kier alpha value is -2.76. The molecule has 0 spiro atoms. The molecule has 0 unspecified atom stereocenters. The summed E-state index contributed by atoms with van der Waals surface area (Å²) in [6.07, 6.45) is 3.42. The molecule has 0 saturated heterocycles. The third-order valence-corrected chi connectivity index (χ3v) is 3.53. The first-order chi connectivity index (χ1) is 11.1. The summed E-state index contributed by atoms with van der Waals surface area (Å²) >= 11 is 0. The molecule has 0 saturated carbocycles. The fourth-order valence-corrected chi connectivity index (χ4v) is 2.40. The van der Waals surface area contributed by atoms with E-state index in [1.54, 1.807) is 24.7 Å². The average molecular weight is 312 g/mol. The minimum Gasteiger partial charge on any atom is -0.467 e. The van der Waals surface area contributed by atoms with Crippen LogP contribution in [-0.2, 0) is 0 Å². The quantitative estimate of drug-likeness (QED) is 0.736. The maximum Gasteiger partial charge on any atom is 0.316 e. The monoisotopic (exact) mass is 312 g/mol. The highest BCUT2D eigenvalue weighted by molar-refractivity contribution is 5.76. The van der Waals surface area contributed by atoms with Gasteiger partial charge in [0, 0.05) is 17.8 Å². The average Bonchev–Trinajstić information content (AvgIpc) is 3.01. The fourth-order valence-electron chi connectivity index (χ4n) is 2.40. The highest BCUT2D eigenvalue weighted by Crippen LogP contribution is 2.32. The van der Waals surface area contributed by atoms with Gasteiger partial charge >= 0.3 is 6.01 Å². The zero-order chi connectivity index (χ0) is 16.4. The molecule has 0 fully saturated rings. The second-order valence-electron chi connectivity index (χ2n) is 5.38. The topological polar surface area (TPSA) is 52.8 Å². The van der Waals surface area contributed by atoms with Gasteiger partial charge in [0.15, 0.2) is 0 Å². The Balaban J connectivity index is 2.20. The molecule has 0 bridgehead atoms. The maximum atomic E-state index is 13.2. The summed E-state index contributed by atoms with van der Waals surface area (Å²) in [5.41, 5.74) is 3.15. The Labute approximate surface area is 133 Å². The molecule has 2 aromatic heterocycles. The van der Waals surface area contributed by atoms with Crippen molar-refractivity contribution in [2.45, 2.75) is 19.9 Å². The molecule has 0 N–H and O–H groups in total. The predicted octanol–water partition coefficient (Wildman–Crippen LogP) is 3.74. The van der Waals surface area contributed by atoms with Crippen molar-refractivity contribution in [3.8, 4) is 28.7 Å². The third kappa shape index (κ3) is 2.92. The van der Waals surface area contributed by atoms with Crippen LogP contribution in [0.4, 0.5) is 4.39 Å². The van der Waals surface area contributed by atoms with E-state index in [-0.39, 0.29) is 11.9 Å². The number of nitrogens with zero attached hydrogens (tertiary/aromatic N) is 4. The number of methoxy groups -OCH3 is 1. The van der Waals surface area contributed by atoms with Gasteiger partial charge in [-0.1, -0.05) is 0 Å². The number of hydrogen-bond donors (Lipinski definition) is 0. The molecule has 23 heavy (non-hydrogen) atoms.